The summed E-state index contributed by atoms with van der Waals surface area (Å²) in [7, 11) is -6.16. The molecule has 1 fully saturated rings. The topological polar surface area (TPSA) is 95.9 Å². The van der Waals surface area contributed by atoms with E-state index in [2.05, 4.69) is 9.12 Å². The molecule has 7 nitrogen and oxygen atoms in total. The van der Waals surface area contributed by atoms with Crippen molar-refractivity contribution in [1.29, 1.82) is 0 Å². The lowest BCUT2D eigenvalue weighted by Crippen LogP contribution is -2.20. The van der Waals surface area contributed by atoms with Crippen LogP contribution in [0.5, 0.6) is 0 Å². The van der Waals surface area contributed by atoms with Crippen molar-refractivity contribution in [3.63, 3.8) is 0 Å². The summed E-state index contributed by atoms with van der Waals surface area (Å²) in [6.45, 7) is 0.748. The molecule has 0 atom stereocenters. The number of sulfonamides is 2. The summed E-state index contributed by atoms with van der Waals surface area (Å²) in [4.78, 5) is 1.59. The van der Waals surface area contributed by atoms with Gasteiger partial charge in [-0.1, -0.05) is 29.3 Å². The first-order chi connectivity index (χ1) is 13.1. The van der Waals surface area contributed by atoms with Crippen LogP contribution < -0.4 is 4.72 Å². The second-order valence-electron chi connectivity index (χ2n) is 6.22. The third-order valence-corrected chi connectivity index (χ3v) is 7.56. The molecular weight excluding hydrogens is 445 g/mol. The second-order valence-corrected chi connectivity index (χ2v) is 10.3. The molecule has 0 radical (unpaired) electrons. The maximum atomic E-state index is 12.6. The van der Waals surface area contributed by atoms with Gasteiger partial charge in [0.25, 0.3) is 20.0 Å². The molecule has 0 spiro atoms. The first-order valence-electron chi connectivity index (χ1n) is 8.21. The monoisotopic (exact) mass is 461 g/mol. The summed E-state index contributed by atoms with van der Waals surface area (Å²) < 4.78 is 56.5. The fourth-order valence-corrected chi connectivity index (χ4v) is 5.26. The van der Waals surface area contributed by atoms with Crippen LogP contribution in [0.4, 0.5) is 5.69 Å². The predicted molar refractivity (Wildman–Crippen MR) is 110 cm³/mol. The van der Waals surface area contributed by atoms with Crippen LogP contribution in [0.2, 0.25) is 10.0 Å². The number of anilines is 1. The Bertz CT molecular complexity index is 1150. The van der Waals surface area contributed by atoms with E-state index >= 15 is 0 Å². The lowest BCUT2D eigenvalue weighted by atomic mass is 10.3. The van der Waals surface area contributed by atoms with Gasteiger partial charge in [-0.25, -0.2) is 8.42 Å². The van der Waals surface area contributed by atoms with Crippen molar-refractivity contribution in [3.8, 4) is 0 Å². The van der Waals surface area contributed by atoms with E-state index < -0.39 is 20.0 Å². The van der Waals surface area contributed by atoms with Crippen LogP contribution in [0.1, 0.15) is 12.8 Å². The fourth-order valence-electron chi connectivity index (χ4n) is 2.68. The lowest BCUT2D eigenvalue weighted by molar-refractivity contribution is 0.548. The summed E-state index contributed by atoms with van der Waals surface area (Å²) in [6.07, 6.45) is 1.42. The van der Waals surface area contributed by atoms with Crippen LogP contribution >= 0.6 is 23.2 Å². The minimum atomic E-state index is -3.98. The van der Waals surface area contributed by atoms with E-state index in [-0.39, 0.29) is 25.5 Å². The van der Waals surface area contributed by atoms with Gasteiger partial charge in [-0.05, 0) is 42.8 Å². The predicted octanol–water partition coefficient (Wildman–Crippen LogP) is 3.61. The Morgan fingerprint density at radius 3 is 2.39 bits per heavy atom. The lowest BCUT2D eigenvalue weighted by Gasteiger charge is -2.12. The number of rotatable bonds is 5. The van der Waals surface area contributed by atoms with E-state index in [0.717, 1.165) is 13.0 Å². The maximum Gasteiger partial charge on any atom is 0.284 e. The number of hydrogen-bond donors (Lipinski definition) is 1. The zero-order chi connectivity index (χ0) is 20.5. The van der Waals surface area contributed by atoms with Crippen LogP contribution in [-0.4, -0.2) is 41.2 Å². The van der Waals surface area contributed by atoms with Gasteiger partial charge in [0.2, 0.25) is 0 Å². The van der Waals surface area contributed by atoms with Crippen LogP contribution in [0.25, 0.3) is 0 Å². The molecule has 3 rings (SSSR count). The zero-order valence-corrected chi connectivity index (χ0v) is 17.9. The number of benzene rings is 2. The van der Waals surface area contributed by atoms with Gasteiger partial charge in [-0.2, -0.15) is 8.42 Å². The number of likely N-dealkylation sites (tertiary alicyclic amines) is 1. The number of amidine groups is 1. The molecule has 0 bridgehead atoms. The van der Waals surface area contributed by atoms with Crippen molar-refractivity contribution in [2.45, 2.75) is 22.6 Å². The highest BCUT2D eigenvalue weighted by molar-refractivity contribution is 7.92. The van der Waals surface area contributed by atoms with E-state index in [1.54, 1.807) is 11.9 Å². The molecule has 0 amide bonds. The SMILES string of the molecule is CN1CCC/C1=N/S(=O)(=O)c1cccc(NS(=O)(=O)c2ccc(Cl)c(Cl)c2)c1. The molecule has 1 heterocycles. The van der Waals surface area contributed by atoms with Crippen LogP contribution in [0, 0.1) is 0 Å². The van der Waals surface area contributed by atoms with E-state index in [1.165, 1.54) is 42.5 Å². The van der Waals surface area contributed by atoms with Gasteiger partial charge in [0.15, 0.2) is 0 Å². The van der Waals surface area contributed by atoms with Gasteiger partial charge in [-0.15, -0.1) is 4.40 Å². The Balaban J connectivity index is 1.90. The molecular formula is C17H17Cl2N3O4S2. The molecule has 0 unspecified atom stereocenters. The minimum Gasteiger partial charge on any atom is -0.362 e. The number of nitrogens with zero attached hydrogens (tertiary/aromatic N) is 2. The summed E-state index contributed by atoms with van der Waals surface area (Å²) in [5.41, 5.74) is 0.0899. The molecule has 0 aliphatic carbocycles. The largest absolute Gasteiger partial charge is 0.362 e. The third kappa shape index (κ3) is 4.60. The number of nitrogens with one attached hydrogen (secondary N) is 1. The summed E-state index contributed by atoms with van der Waals surface area (Å²) in [5.74, 6) is 0.488. The van der Waals surface area contributed by atoms with E-state index in [4.69, 9.17) is 23.2 Å². The molecule has 0 saturated carbocycles. The van der Waals surface area contributed by atoms with E-state index in [1.807, 2.05) is 0 Å². The number of halogens is 2. The maximum absolute atomic E-state index is 12.6. The van der Waals surface area contributed by atoms with Gasteiger partial charge in [0.05, 0.1) is 25.5 Å². The van der Waals surface area contributed by atoms with Crippen molar-refractivity contribution in [2.24, 2.45) is 4.40 Å². The Labute approximate surface area is 174 Å². The van der Waals surface area contributed by atoms with E-state index in [0.29, 0.717) is 12.3 Å². The molecule has 28 heavy (non-hydrogen) atoms. The Morgan fingerprint density at radius 2 is 1.75 bits per heavy atom. The summed E-state index contributed by atoms with van der Waals surface area (Å²) >= 11 is 11.7. The second kappa shape index (κ2) is 7.90. The van der Waals surface area contributed by atoms with Gasteiger partial charge in [-0.3, -0.25) is 4.72 Å². The summed E-state index contributed by atoms with van der Waals surface area (Å²) in [6, 6.07) is 9.37. The Hall–Kier alpha value is -1.81. The molecule has 1 N–H and O–H groups in total. The zero-order valence-electron chi connectivity index (χ0n) is 14.8. The minimum absolute atomic E-state index is 0.0899. The first-order valence-corrected chi connectivity index (χ1v) is 11.9. The average molecular weight is 462 g/mol. The molecule has 2 aromatic carbocycles. The van der Waals surface area contributed by atoms with Crippen molar-refractivity contribution in [3.05, 3.63) is 52.5 Å². The Morgan fingerprint density at radius 1 is 1.00 bits per heavy atom. The van der Waals surface area contributed by atoms with Crippen molar-refractivity contribution in [1.82, 2.24) is 4.90 Å². The van der Waals surface area contributed by atoms with Crippen LogP contribution in [-0.2, 0) is 20.0 Å². The molecule has 1 aliphatic rings. The first kappa shape index (κ1) is 20.9. The highest BCUT2D eigenvalue weighted by Gasteiger charge is 2.21. The average Bonchev–Trinajstić information content (AvgIpc) is 3.01. The quantitative estimate of drug-likeness (QED) is 0.733. The van der Waals surface area contributed by atoms with Gasteiger partial charge < -0.3 is 4.90 Å². The van der Waals surface area contributed by atoms with E-state index in [9.17, 15) is 16.8 Å². The highest BCUT2D eigenvalue weighted by Crippen LogP contribution is 2.27. The van der Waals surface area contributed by atoms with Gasteiger partial charge in [0, 0.05) is 20.0 Å². The molecule has 0 aromatic heterocycles. The number of hydrogen-bond acceptors (Lipinski definition) is 4. The normalized spacial score (nSPS) is 16.5. The fraction of sp³-hybridized carbons (Fsp3) is 0.235. The van der Waals surface area contributed by atoms with Gasteiger partial charge in [0.1, 0.15) is 5.84 Å². The van der Waals surface area contributed by atoms with Crippen molar-refractivity contribution < 1.29 is 16.8 Å². The molecule has 11 heteroatoms. The van der Waals surface area contributed by atoms with Crippen molar-refractivity contribution in [2.75, 3.05) is 18.3 Å². The molecule has 2 aromatic rings. The third-order valence-electron chi connectivity index (χ3n) is 4.15. The molecule has 1 aliphatic heterocycles. The Kier molecular flexibility index (Phi) is 5.90. The molecule has 1 saturated heterocycles. The summed E-state index contributed by atoms with van der Waals surface area (Å²) in [5, 5.41) is 0.321. The smallest absolute Gasteiger partial charge is 0.284 e. The molecule has 150 valence electrons. The highest BCUT2D eigenvalue weighted by atomic mass is 35.5. The standard InChI is InChI=1S/C17H17Cl2N3O4S2/c1-22-9-3-6-17(22)21-28(25,26)13-5-2-4-12(10-13)20-27(23,24)14-7-8-15(18)16(19)11-14/h2,4-5,7-8,10-11,20H,3,6,9H2,1H3/b21-17-. The van der Waals surface area contributed by atoms with Gasteiger partial charge >= 0.3 is 0 Å². The van der Waals surface area contributed by atoms with Crippen LogP contribution in [0.15, 0.2) is 56.7 Å². The van der Waals surface area contributed by atoms with Crippen molar-refractivity contribution >= 4 is 54.8 Å². The van der Waals surface area contributed by atoms with Crippen LogP contribution in [0.3, 0.4) is 0 Å².